The lowest BCUT2D eigenvalue weighted by Crippen LogP contribution is -2.38. The first-order chi connectivity index (χ1) is 14.0. The fraction of sp³-hybridized carbons (Fsp3) is 0.381. The molecule has 2 unspecified atom stereocenters. The van der Waals surface area contributed by atoms with Crippen LogP contribution in [0.4, 0.5) is 8.78 Å². The highest BCUT2D eigenvalue weighted by Gasteiger charge is 2.42. The molecular weight excluding hydrogens is 507 g/mol. The Bertz CT molecular complexity index is 866. The molecule has 0 saturated heterocycles. The second-order valence-electron chi connectivity index (χ2n) is 6.69. The molecule has 0 amide bonds. The number of rotatable bonds is 7. The van der Waals surface area contributed by atoms with Crippen molar-refractivity contribution in [3.63, 3.8) is 0 Å². The summed E-state index contributed by atoms with van der Waals surface area (Å²) in [5.41, 5.74) is 1.03. The molecule has 2 atom stereocenters. The molecule has 0 radical (unpaired) electrons. The number of methoxy groups -OCH3 is 3. The minimum atomic E-state index is -0.514. The second-order valence-corrected chi connectivity index (χ2v) is 6.69. The zero-order chi connectivity index (χ0) is 21.0. The van der Waals surface area contributed by atoms with E-state index in [1.165, 1.54) is 18.2 Å². The van der Waals surface area contributed by atoms with Gasteiger partial charge >= 0.3 is 0 Å². The van der Waals surface area contributed by atoms with Crippen molar-refractivity contribution >= 4 is 29.9 Å². The number of ether oxygens (including phenoxy) is 3. The van der Waals surface area contributed by atoms with Crippen LogP contribution in [0.2, 0.25) is 0 Å². The van der Waals surface area contributed by atoms with E-state index in [9.17, 15) is 8.78 Å². The molecule has 1 aliphatic carbocycles. The van der Waals surface area contributed by atoms with E-state index in [1.54, 1.807) is 28.4 Å². The zero-order valence-electron chi connectivity index (χ0n) is 17.3. The van der Waals surface area contributed by atoms with E-state index < -0.39 is 11.6 Å². The van der Waals surface area contributed by atoms with Gasteiger partial charge in [0, 0.05) is 31.1 Å². The third kappa shape index (κ3) is 5.24. The number of nitrogens with one attached hydrogen (secondary N) is 2. The first-order valence-corrected chi connectivity index (χ1v) is 9.22. The summed E-state index contributed by atoms with van der Waals surface area (Å²) < 4.78 is 44.0. The third-order valence-electron chi connectivity index (χ3n) is 4.89. The maximum atomic E-state index is 14.0. The monoisotopic (exact) mass is 533 g/mol. The Hall–Kier alpha value is -2.30. The largest absolute Gasteiger partial charge is 0.493 e. The quantitative estimate of drug-likeness (QED) is 0.322. The normalized spacial score (nSPS) is 17.6. The molecule has 0 bridgehead atoms. The molecule has 3 rings (SSSR count). The Labute approximate surface area is 192 Å². The number of guanidine groups is 1. The van der Waals surface area contributed by atoms with Gasteiger partial charge in [-0.15, -0.1) is 24.0 Å². The summed E-state index contributed by atoms with van der Waals surface area (Å²) in [6.07, 6.45) is 0.642. The van der Waals surface area contributed by atoms with Gasteiger partial charge in [-0.1, -0.05) is 6.07 Å². The van der Waals surface area contributed by atoms with Gasteiger partial charge in [-0.3, -0.25) is 4.99 Å². The van der Waals surface area contributed by atoms with Crippen LogP contribution in [0.1, 0.15) is 23.5 Å². The van der Waals surface area contributed by atoms with E-state index in [1.807, 2.05) is 12.1 Å². The molecule has 6 nitrogen and oxygen atoms in total. The summed E-state index contributed by atoms with van der Waals surface area (Å²) in [5, 5.41) is 6.41. The van der Waals surface area contributed by atoms with Crippen molar-refractivity contribution in [1.82, 2.24) is 10.6 Å². The highest BCUT2D eigenvalue weighted by Crippen LogP contribution is 2.43. The van der Waals surface area contributed by atoms with E-state index in [0.29, 0.717) is 36.2 Å². The van der Waals surface area contributed by atoms with E-state index in [-0.39, 0.29) is 41.5 Å². The molecule has 1 saturated carbocycles. The van der Waals surface area contributed by atoms with Crippen LogP contribution in [0.15, 0.2) is 35.3 Å². The molecule has 30 heavy (non-hydrogen) atoms. The van der Waals surface area contributed by atoms with Gasteiger partial charge in [-0.25, -0.2) is 8.78 Å². The average Bonchev–Trinajstić information content (AvgIpc) is 3.48. The van der Waals surface area contributed by atoms with Gasteiger partial charge in [0.2, 0.25) is 5.75 Å². The molecular formula is C21H26F2IN3O3. The number of nitrogens with zero attached hydrogens (tertiary/aromatic N) is 1. The molecule has 164 valence electrons. The van der Waals surface area contributed by atoms with Crippen LogP contribution in [0.25, 0.3) is 0 Å². The third-order valence-corrected chi connectivity index (χ3v) is 4.89. The average molecular weight is 533 g/mol. The smallest absolute Gasteiger partial charge is 0.203 e. The van der Waals surface area contributed by atoms with E-state index in [4.69, 9.17) is 14.2 Å². The number of halogens is 3. The van der Waals surface area contributed by atoms with Gasteiger partial charge in [0.25, 0.3) is 0 Å². The van der Waals surface area contributed by atoms with Crippen molar-refractivity contribution in [3.8, 4) is 17.2 Å². The molecule has 2 aromatic carbocycles. The van der Waals surface area contributed by atoms with Gasteiger partial charge < -0.3 is 24.8 Å². The number of hydrogen-bond donors (Lipinski definition) is 2. The van der Waals surface area contributed by atoms with Gasteiger partial charge in [0.1, 0.15) is 11.6 Å². The van der Waals surface area contributed by atoms with E-state index in [0.717, 1.165) is 5.56 Å². The molecule has 0 heterocycles. The topological polar surface area (TPSA) is 64.1 Å². The van der Waals surface area contributed by atoms with Crippen LogP contribution in [-0.4, -0.2) is 40.4 Å². The fourth-order valence-electron chi connectivity index (χ4n) is 3.33. The molecule has 1 aliphatic rings. The molecule has 0 aromatic heterocycles. The van der Waals surface area contributed by atoms with Crippen LogP contribution in [0, 0.1) is 11.6 Å². The van der Waals surface area contributed by atoms with Crippen LogP contribution in [0.3, 0.4) is 0 Å². The maximum absolute atomic E-state index is 14.0. The molecule has 0 spiro atoms. The lowest BCUT2D eigenvalue weighted by Gasteiger charge is -2.16. The van der Waals surface area contributed by atoms with Gasteiger partial charge in [0.05, 0.1) is 21.3 Å². The SMILES string of the molecule is CN=C(NCc1cc(OC)c(OC)c(OC)c1)NC1CC1c1c(F)cccc1F.I. The number of aliphatic imine (C=N–C) groups is 1. The predicted molar refractivity (Wildman–Crippen MR) is 122 cm³/mol. The van der Waals surface area contributed by atoms with E-state index >= 15 is 0 Å². The van der Waals surface area contributed by atoms with Gasteiger partial charge in [0.15, 0.2) is 17.5 Å². The molecule has 0 aliphatic heterocycles. The van der Waals surface area contributed by atoms with Crippen molar-refractivity contribution in [2.24, 2.45) is 4.99 Å². The Morgan fingerprint density at radius 2 is 1.67 bits per heavy atom. The lowest BCUT2D eigenvalue weighted by molar-refractivity contribution is 0.323. The zero-order valence-corrected chi connectivity index (χ0v) is 19.6. The van der Waals surface area contributed by atoms with Crippen molar-refractivity contribution < 1.29 is 23.0 Å². The van der Waals surface area contributed by atoms with Gasteiger partial charge in [-0.05, 0) is 36.2 Å². The summed E-state index contributed by atoms with van der Waals surface area (Å²) in [4.78, 5) is 4.19. The van der Waals surface area contributed by atoms with Crippen LogP contribution in [0.5, 0.6) is 17.2 Å². The van der Waals surface area contributed by atoms with Crippen LogP contribution < -0.4 is 24.8 Å². The maximum Gasteiger partial charge on any atom is 0.203 e. The Morgan fingerprint density at radius 1 is 1.07 bits per heavy atom. The van der Waals surface area contributed by atoms with Crippen molar-refractivity contribution in [1.29, 1.82) is 0 Å². The van der Waals surface area contributed by atoms with Crippen LogP contribution >= 0.6 is 24.0 Å². The second kappa shape index (κ2) is 10.6. The van der Waals surface area contributed by atoms with Crippen molar-refractivity contribution in [2.75, 3.05) is 28.4 Å². The first kappa shape index (κ1) is 24.0. The fourth-order valence-corrected chi connectivity index (χ4v) is 3.33. The Balaban J connectivity index is 0.00000320. The molecule has 2 N–H and O–H groups in total. The lowest BCUT2D eigenvalue weighted by atomic mass is 10.1. The predicted octanol–water partition coefficient (Wildman–Crippen LogP) is 3.83. The van der Waals surface area contributed by atoms with E-state index in [2.05, 4.69) is 15.6 Å². The molecule has 2 aromatic rings. The molecule has 9 heteroatoms. The van der Waals surface area contributed by atoms with Crippen LogP contribution in [-0.2, 0) is 6.54 Å². The summed E-state index contributed by atoms with van der Waals surface area (Å²) >= 11 is 0. The summed E-state index contributed by atoms with van der Waals surface area (Å²) in [6.45, 7) is 0.446. The minimum Gasteiger partial charge on any atom is -0.493 e. The standard InChI is InChI=1S/C21H25F2N3O3.HI/c1-24-21(26-16-10-13(16)19-14(22)6-5-7-15(19)23)25-11-12-8-17(27-2)20(29-4)18(9-12)28-3;/h5-9,13,16H,10-11H2,1-4H3,(H2,24,25,26);1H. The highest BCUT2D eigenvalue weighted by atomic mass is 127. The number of benzene rings is 2. The summed E-state index contributed by atoms with van der Waals surface area (Å²) in [5.74, 6) is 0.944. The minimum absolute atomic E-state index is 0. The Morgan fingerprint density at radius 3 is 2.17 bits per heavy atom. The summed E-state index contributed by atoms with van der Waals surface area (Å²) in [7, 11) is 6.31. The first-order valence-electron chi connectivity index (χ1n) is 9.22. The van der Waals surface area contributed by atoms with Crippen molar-refractivity contribution in [2.45, 2.75) is 24.9 Å². The summed E-state index contributed by atoms with van der Waals surface area (Å²) in [6, 6.07) is 7.55. The highest BCUT2D eigenvalue weighted by molar-refractivity contribution is 14.0. The van der Waals surface area contributed by atoms with Crippen molar-refractivity contribution in [3.05, 3.63) is 53.1 Å². The number of hydrogen-bond acceptors (Lipinski definition) is 4. The van der Waals surface area contributed by atoms with Gasteiger partial charge in [-0.2, -0.15) is 0 Å². The Kier molecular flexibility index (Phi) is 8.51. The molecule has 1 fully saturated rings.